The molecule has 1 aromatic rings. The quantitative estimate of drug-likeness (QED) is 0.0802. The van der Waals surface area contributed by atoms with Gasteiger partial charge in [-0.05, 0) is 50.3 Å². The molecule has 5 N–H and O–H groups in total. The predicted molar refractivity (Wildman–Crippen MR) is 187 cm³/mol. The number of hydrogen-bond donors (Lipinski definition) is 2. The highest BCUT2D eigenvalue weighted by atomic mass is 35.6. The van der Waals surface area contributed by atoms with E-state index in [1.54, 1.807) is 12.1 Å². The Morgan fingerprint density at radius 1 is 0.860 bits per heavy atom. The first-order valence-electron chi connectivity index (χ1n) is 14.3. The second-order valence-corrected chi connectivity index (χ2v) is 15.2. The molecular weight excluding hydrogens is 703 g/mol. The van der Waals surface area contributed by atoms with Gasteiger partial charge in [0, 0.05) is 0 Å². The van der Waals surface area contributed by atoms with Gasteiger partial charge < -0.3 is 15.9 Å². The lowest BCUT2D eigenvalue weighted by Gasteiger charge is -2.30. The fraction of sp³-hybridized carbons (Fsp3) is 0.759. The van der Waals surface area contributed by atoms with Gasteiger partial charge in [-0.25, -0.2) is 0 Å². The molecule has 258 valence electrons. The van der Waals surface area contributed by atoms with Crippen LogP contribution in [0.2, 0.25) is 0 Å². The molecule has 0 radical (unpaired) electrons. The molecule has 0 amide bonds. The third-order valence-corrected chi connectivity index (χ3v) is 7.02. The highest BCUT2D eigenvalue weighted by molar-refractivity contribution is 7.85. The lowest BCUT2D eigenvalue weighted by Crippen LogP contribution is -2.33. The van der Waals surface area contributed by atoms with Gasteiger partial charge in [-0.3, -0.25) is 9.35 Å². The minimum absolute atomic E-state index is 0. The van der Waals surface area contributed by atoms with Crippen LogP contribution in [0.5, 0.6) is 0 Å². The van der Waals surface area contributed by atoms with E-state index in [0.717, 1.165) is 31.2 Å². The number of carbonyl (C=O) groups is 1. The number of benzene rings is 1. The Labute approximate surface area is 290 Å². The minimum atomic E-state index is -4.02. The Hall–Kier alpha value is 0.260. The minimum Gasteiger partial charge on any atom is -0.466 e. The molecule has 1 fully saturated rings. The third-order valence-electron chi connectivity index (χ3n) is 6.15. The molecule has 0 aromatic heterocycles. The summed E-state index contributed by atoms with van der Waals surface area (Å²) < 4.78 is 33.3. The molecule has 1 saturated carbocycles. The number of carbonyl (C=O) groups excluding carboxylic acids is 1. The van der Waals surface area contributed by atoms with E-state index in [9.17, 15) is 13.2 Å². The maximum absolute atomic E-state index is 11.8. The van der Waals surface area contributed by atoms with Gasteiger partial charge in [0.15, 0.2) is 8.59 Å². The van der Waals surface area contributed by atoms with E-state index in [1.165, 1.54) is 63.5 Å². The van der Waals surface area contributed by atoms with Crippen molar-refractivity contribution in [2.75, 3.05) is 13.2 Å². The Morgan fingerprint density at radius 3 is 1.58 bits per heavy atom. The number of alkyl halides is 6. The molecule has 7 nitrogen and oxygen atoms in total. The molecular formula is C29H53Cl6NO6S. The van der Waals surface area contributed by atoms with E-state index in [-0.39, 0.29) is 21.8 Å². The van der Waals surface area contributed by atoms with Crippen molar-refractivity contribution < 1.29 is 28.0 Å². The van der Waals surface area contributed by atoms with Gasteiger partial charge >= 0.3 is 5.97 Å². The smallest absolute Gasteiger partial charge is 0.306 e. The van der Waals surface area contributed by atoms with Crippen LogP contribution in [0.4, 0.5) is 0 Å². The molecule has 1 aromatic carbocycles. The van der Waals surface area contributed by atoms with E-state index < -0.39 is 18.7 Å². The zero-order valence-corrected chi connectivity index (χ0v) is 31.3. The summed E-state index contributed by atoms with van der Waals surface area (Å²) in [5, 5.41) is 0. The number of halogens is 6. The lowest BCUT2D eigenvalue weighted by molar-refractivity contribution is -0.146. The maximum atomic E-state index is 11.8. The molecule has 14 heteroatoms. The Morgan fingerprint density at radius 2 is 1.26 bits per heavy atom. The zero-order chi connectivity index (χ0) is 33.0. The Balaban J connectivity index is -0.000000251. The van der Waals surface area contributed by atoms with E-state index in [0.29, 0.717) is 19.6 Å². The van der Waals surface area contributed by atoms with Gasteiger partial charge in [-0.1, -0.05) is 166 Å². The number of aryl methyl sites for hydroxylation is 1. The van der Waals surface area contributed by atoms with Gasteiger partial charge in [0.1, 0.15) is 0 Å². The monoisotopic (exact) mass is 753 g/mol. The van der Waals surface area contributed by atoms with Crippen LogP contribution in [0, 0.1) is 12.3 Å². The van der Waals surface area contributed by atoms with Crippen molar-refractivity contribution in [3.63, 3.8) is 0 Å². The van der Waals surface area contributed by atoms with Crippen LogP contribution in [0.25, 0.3) is 0 Å². The van der Waals surface area contributed by atoms with Crippen LogP contribution < -0.4 is 5.73 Å². The first kappa shape index (κ1) is 50.1. The Kier molecular flexibility index (Phi) is 37.5. The first-order chi connectivity index (χ1) is 19.6. The summed E-state index contributed by atoms with van der Waals surface area (Å²) in [6.07, 6.45) is 15.2. The molecule has 0 heterocycles. The Bertz CT molecular complexity index is 838. The zero-order valence-electron chi connectivity index (χ0n) is 25.9. The predicted octanol–water partition coefficient (Wildman–Crippen LogP) is 10.00. The number of unbranched alkanes of at least 4 members (excludes halogenated alkanes) is 4. The van der Waals surface area contributed by atoms with Crippen molar-refractivity contribution in [3.8, 4) is 0 Å². The summed E-state index contributed by atoms with van der Waals surface area (Å²) in [7, 11) is -4.02. The van der Waals surface area contributed by atoms with Gasteiger partial charge in [0.25, 0.3) is 10.1 Å². The van der Waals surface area contributed by atoms with Crippen LogP contribution in [0.1, 0.15) is 110 Å². The van der Waals surface area contributed by atoms with Crippen LogP contribution in [-0.4, -0.2) is 46.2 Å². The second-order valence-electron chi connectivity index (χ2n) is 9.86. The number of hydrogen-bond acceptors (Lipinski definition) is 5. The SMILES string of the molecule is CCCCCC.CCCCOC(=O)CC1(CN)CCCCCC1.Cc1ccc(S(=O)(=O)O)cc1.ClC(Cl)Cl.ClC(Cl)Cl.O. The fourth-order valence-electron chi connectivity index (χ4n) is 3.83. The van der Waals surface area contributed by atoms with Crippen LogP contribution in [0.3, 0.4) is 0 Å². The van der Waals surface area contributed by atoms with Crippen molar-refractivity contribution in [2.45, 2.75) is 125 Å². The molecule has 0 aliphatic heterocycles. The van der Waals surface area contributed by atoms with Crippen LogP contribution in [-0.2, 0) is 19.6 Å². The summed E-state index contributed by atoms with van der Waals surface area (Å²) in [6, 6.07) is 5.99. The molecule has 1 aliphatic rings. The van der Waals surface area contributed by atoms with Gasteiger partial charge in [0.05, 0.1) is 17.9 Å². The standard InChI is InChI=1S/C14H27NO2.C7H8O3S.C6H14.2CHCl3.H2O/c1-2-3-10-17-13(16)11-14(12-15)8-6-4-5-7-9-14;1-6-2-4-7(5-3-6)11(8,9)10;1-3-5-6-4-2;2*2-1(3)4;/h2-12,15H2,1H3;2-5H,1H3,(H,8,9,10);3-6H2,1-2H3;2*1H;1H2. The summed E-state index contributed by atoms with van der Waals surface area (Å²) in [6.45, 7) is 9.59. The fourth-order valence-corrected chi connectivity index (χ4v) is 4.31. The van der Waals surface area contributed by atoms with Crippen molar-refractivity contribution in [2.24, 2.45) is 11.1 Å². The lowest BCUT2D eigenvalue weighted by atomic mass is 9.77. The molecule has 0 atom stereocenters. The van der Waals surface area contributed by atoms with Crippen molar-refractivity contribution >= 4 is 85.7 Å². The summed E-state index contributed by atoms with van der Waals surface area (Å²) in [5.41, 5.74) is 6.89. The molecule has 2 rings (SSSR count). The highest BCUT2D eigenvalue weighted by Crippen LogP contribution is 2.37. The molecule has 1 aliphatic carbocycles. The average Bonchev–Trinajstić information content (AvgIpc) is 3.13. The molecule has 0 bridgehead atoms. The van der Waals surface area contributed by atoms with Crippen molar-refractivity contribution in [3.05, 3.63) is 29.8 Å². The summed E-state index contributed by atoms with van der Waals surface area (Å²) in [5.74, 6) is -0.0502. The van der Waals surface area contributed by atoms with Crippen LogP contribution in [0.15, 0.2) is 29.2 Å². The number of rotatable bonds is 10. The normalized spacial score (nSPS) is 13.6. The van der Waals surface area contributed by atoms with E-state index in [2.05, 4.69) is 20.8 Å². The number of esters is 1. The van der Waals surface area contributed by atoms with Crippen molar-refractivity contribution in [1.29, 1.82) is 0 Å². The summed E-state index contributed by atoms with van der Waals surface area (Å²) in [4.78, 5) is 11.7. The number of nitrogens with two attached hydrogens (primary N) is 1. The average molecular weight is 757 g/mol. The number of ether oxygens (including phenoxy) is 1. The van der Waals surface area contributed by atoms with E-state index in [1.807, 2.05) is 6.92 Å². The third kappa shape index (κ3) is 36.6. The molecule has 0 spiro atoms. The molecule has 0 unspecified atom stereocenters. The van der Waals surface area contributed by atoms with Crippen molar-refractivity contribution in [1.82, 2.24) is 0 Å². The van der Waals surface area contributed by atoms with Gasteiger partial charge in [-0.2, -0.15) is 8.42 Å². The second kappa shape index (κ2) is 32.2. The van der Waals surface area contributed by atoms with E-state index in [4.69, 9.17) is 84.6 Å². The maximum Gasteiger partial charge on any atom is 0.306 e. The topological polar surface area (TPSA) is 138 Å². The van der Waals surface area contributed by atoms with Gasteiger partial charge in [0.2, 0.25) is 0 Å². The highest BCUT2D eigenvalue weighted by Gasteiger charge is 2.32. The molecule has 0 saturated heterocycles. The van der Waals surface area contributed by atoms with Crippen LogP contribution >= 0.6 is 69.6 Å². The summed E-state index contributed by atoms with van der Waals surface area (Å²) >= 11 is 28.8. The first-order valence-corrected chi connectivity index (χ1v) is 18.4. The molecule has 43 heavy (non-hydrogen) atoms. The largest absolute Gasteiger partial charge is 0.466 e. The van der Waals surface area contributed by atoms with E-state index >= 15 is 0 Å². The van der Waals surface area contributed by atoms with Gasteiger partial charge in [-0.15, -0.1) is 0 Å².